The first-order valence-corrected chi connectivity index (χ1v) is 10.3. The molecule has 2 aromatic rings. The molecule has 3 heterocycles. The molecule has 1 fully saturated rings. The lowest BCUT2D eigenvalue weighted by atomic mass is 10.0. The third-order valence-electron chi connectivity index (χ3n) is 4.24. The van der Waals surface area contributed by atoms with Gasteiger partial charge in [-0.3, -0.25) is 14.7 Å². The number of aliphatic hydroxyl groups is 2. The second kappa shape index (κ2) is 8.19. The van der Waals surface area contributed by atoms with Crippen molar-refractivity contribution in [3.63, 3.8) is 0 Å². The molecule has 4 atom stereocenters. The number of rotatable bonds is 8. The first kappa shape index (κ1) is 20.2. The van der Waals surface area contributed by atoms with Crippen LogP contribution < -0.4 is 10.9 Å². The fourth-order valence-electron chi connectivity index (χ4n) is 3.06. The maximum absolute atomic E-state index is 12.5. The maximum atomic E-state index is 12.5. The molecule has 0 aliphatic carbocycles. The number of hydrogen-bond acceptors (Lipinski definition) is 9. The number of aliphatic hydroxyl groups excluding tert-OH is 2. The summed E-state index contributed by atoms with van der Waals surface area (Å²) in [5.41, 5.74) is 0.794. The summed E-state index contributed by atoms with van der Waals surface area (Å²) in [5, 5.41) is 23.7. The molecule has 12 heteroatoms. The highest BCUT2D eigenvalue weighted by Gasteiger charge is 2.44. The predicted molar refractivity (Wildman–Crippen MR) is 95.2 cm³/mol. The van der Waals surface area contributed by atoms with Crippen LogP contribution in [0.1, 0.15) is 25.5 Å². The zero-order valence-corrected chi connectivity index (χ0v) is 15.8. The molecule has 0 aromatic carbocycles. The molecule has 1 saturated heterocycles. The van der Waals surface area contributed by atoms with E-state index in [9.17, 15) is 19.6 Å². The van der Waals surface area contributed by atoms with Gasteiger partial charge in [0.2, 0.25) is 0 Å². The molecule has 150 valence electrons. The van der Waals surface area contributed by atoms with Crippen molar-refractivity contribution in [3.8, 4) is 0 Å². The van der Waals surface area contributed by atoms with Gasteiger partial charge in [0.15, 0.2) is 6.35 Å². The fourth-order valence-corrected chi connectivity index (χ4v) is 4.41. The van der Waals surface area contributed by atoms with Crippen molar-refractivity contribution >= 4 is 18.6 Å². The van der Waals surface area contributed by atoms with Crippen LogP contribution in [0.2, 0.25) is 0 Å². The largest absolute Gasteiger partial charge is 0.388 e. The quantitative estimate of drug-likeness (QED) is 0.388. The monoisotopic (exact) mass is 402 g/mol. The van der Waals surface area contributed by atoms with E-state index < -0.39 is 32.1 Å². The van der Waals surface area contributed by atoms with Crippen LogP contribution in [0.25, 0.3) is 11.0 Å². The van der Waals surface area contributed by atoms with Crippen molar-refractivity contribution in [1.82, 2.24) is 20.3 Å². The normalized spacial score (nSPS) is 26.1. The van der Waals surface area contributed by atoms with E-state index in [4.69, 9.17) is 13.8 Å². The summed E-state index contributed by atoms with van der Waals surface area (Å²) in [5.74, 6) is 0. The number of aromatic nitrogens is 3. The highest BCUT2D eigenvalue weighted by molar-refractivity contribution is 7.53. The molecule has 5 N–H and O–H groups in total. The Morgan fingerprint density at radius 2 is 1.89 bits per heavy atom. The Morgan fingerprint density at radius 3 is 2.56 bits per heavy atom. The van der Waals surface area contributed by atoms with Gasteiger partial charge >= 0.3 is 7.60 Å². The van der Waals surface area contributed by atoms with Crippen molar-refractivity contribution < 1.29 is 28.6 Å². The number of nitrogens with one attached hydrogen (secondary N) is 3. The predicted octanol–water partition coefficient (Wildman–Crippen LogP) is 0.184. The van der Waals surface area contributed by atoms with E-state index in [2.05, 4.69) is 20.3 Å². The van der Waals surface area contributed by atoms with E-state index in [-0.39, 0.29) is 30.6 Å². The minimum absolute atomic E-state index is 0.183. The van der Waals surface area contributed by atoms with E-state index in [1.807, 2.05) is 0 Å². The highest BCUT2D eigenvalue weighted by Crippen LogP contribution is 2.48. The standard InChI is InChI=1S/C15H23N4O7P/c1-3-25-27(23,26-4-2)7-24-15-13(21)12(20)10(19-15)8-5-16-11-9(8)17-6-18-14(11)22/h5-6,10,12-13,15-16,19-21H,3-4,7H2,1-2H3,(H,17,18,22)/t10-,12-,13-,15+/m0/s1. The molecule has 11 nitrogen and oxygen atoms in total. The van der Waals surface area contributed by atoms with Gasteiger partial charge in [-0.15, -0.1) is 0 Å². The van der Waals surface area contributed by atoms with Gasteiger partial charge in [0.05, 0.1) is 25.6 Å². The summed E-state index contributed by atoms with van der Waals surface area (Å²) >= 11 is 0. The summed E-state index contributed by atoms with van der Waals surface area (Å²) in [7, 11) is -3.46. The molecule has 0 spiro atoms. The average Bonchev–Trinajstić information content (AvgIpc) is 3.17. The van der Waals surface area contributed by atoms with Crippen LogP contribution in [0.15, 0.2) is 17.3 Å². The highest BCUT2D eigenvalue weighted by atomic mass is 31.2. The Bertz CT molecular complexity index is 874. The number of ether oxygens (including phenoxy) is 1. The van der Waals surface area contributed by atoms with Crippen LogP contribution in [0.4, 0.5) is 0 Å². The van der Waals surface area contributed by atoms with Gasteiger partial charge in [0.25, 0.3) is 5.56 Å². The molecule has 0 unspecified atom stereocenters. The Morgan fingerprint density at radius 1 is 1.19 bits per heavy atom. The van der Waals surface area contributed by atoms with Gasteiger partial charge in [0.1, 0.15) is 29.5 Å². The van der Waals surface area contributed by atoms with Crippen LogP contribution in [-0.2, 0) is 18.3 Å². The second-order valence-electron chi connectivity index (χ2n) is 5.99. The lowest BCUT2D eigenvalue weighted by Crippen LogP contribution is -2.35. The first-order chi connectivity index (χ1) is 12.9. The van der Waals surface area contributed by atoms with Crippen molar-refractivity contribution in [2.24, 2.45) is 0 Å². The van der Waals surface area contributed by atoms with E-state index >= 15 is 0 Å². The molecule has 1 aliphatic rings. The summed E-state index contributed by atoms with van der Waals surface area (Å²) in [4.78, 5) is 21.2. The second-order valence-corrected chi connectivity index (χ2v) is 7.98. The van der Waals surface area contributed by atoms with Gasteiger partial charge in [-0.25, -0.2) is 4.98 Å². The molecule has 0 saturated carbocycles. The molecule has 3 rings (SSSR count). The lowest BCUT2D eigenvalue weighted by molar-refractivity contribution is -0.0524. The van der Waals surface area contributed by atoms with E-state index in [1.54, 1.807) is 13.8 Å². The SMILES string of the molecule is CCOP(=O)(CO[C@H]1N[C@@H](c2c[nH]c3c(=O)[nH]cnc23)[C@H](O)[C@@H]1O)OCC. The molecule has 0 radical (unpaired) electrons. The molecule has 2 aromatic heterocycles. The smallest absolute Gasteiger partial charge is 0.356 e. The molecule has 1 aliphatic heterocycles. The van der Waals surface area contributed by atoms with Crippen LogP contribution in [0.5, 0.6) is 0 Å². The van der Waals surface area contributed by atoms with Crippen LogP contribution in [-0.4, -0.2) is 63.2 Å². The Labute approximate surface area is 154 Å². The van der Waals surface area contributed by atoms with Crippen molar-refractivity contribution in [2.45, 2.75) is 38.3 Å². The molecule has 27 heavy (non-hydrogen) atoms. The van der Waals surface area contributed by atoms with Gasteiger partial charge in [-0.1, -0.05) is 0 Å². The third-order valence-corrected chi connectivity index (χ3v) is 6.01. The minimum Gasteiger partial charge on any atom is -0.388 e. The number of nitrogens with zero attached hydrogens (tertiary/aromatic N) is 1. The Kier molecular flexibility index (Phi) is 6.11. The summed E-state index contributed by atoms with van der Waals surface area (Å²) in [6.07, 6.45) is -1.12. The van der Waals surface area contributed by atoms with Crippen molar-refractivity contribution in [2.75, 3.05) is 19.6 Å². The zero-order valence-electron chi connectivity index (χ0n) is 14.9. The summed E-state index contributed by atoms with van der Waals surface area (Å²) in [6.45, 7) is 3.73. The minimum atomic E-state index is -3.46. The van der Waals surface area contributed by atoms with Gasteiger partial charge in [-0.05, 0) is 13.8 Å². The van der Waals surface area contributed by atoms with Crippen LogP contribution >= 0.6 is 7.60 Å². The zero-order chi connectivity index (χ0) is 19.6. The molecular weight excluding hydrogens is 379 g/mol. The van der Waals surface area contributed by atoms with Gasteiger partial charge in [0, 0.05) is 11.8 Å². The summed E-state index contributed by atoms with van der Waals surface area (Å²) < 4.78 is 28.3. The molecule has 0 bridgehead atoms. The molecule has 0 amide bonds. The number of hydrogen-bond donors (Lipinski definition) is 5. The van der Waals surface area contributed by atoms with E-state index in [0.29, 0.717) is 11.1 Å². The maximum Gasteiger partial charge on any atom is 0.356 e. The summed E-state index contributed by atoms with van der Waals surface area (Å²) in [6, 6.07) is -0.744. The Hall–Kier alpha value is -1.59. The van der Waals surface area contributed by atoms with Crippen LogP contribution in [0.3, 0.4) is 0 Å². The first-order valence-electron chi connectivity index (χ1n) is 8.56. The number of H-pyrrole nitrogens is 2. The van der Waals surface area contributed by atoms with Gasteiger partial charge in [-0.2, -0.15) is 0 Å². The van der Waals surface area contributed by atoms with Gasteiger partial charge < -0.3 is 34.0 Å². The molecular formula is C15H23N4O7P. The number of aromatic amines is 2. The van der Waals surface area contributed by atoms with Crippen molar-refractivity contribution in [1.29, 1.82) is 0 Å². The van der Waals surface area contributed by atoms with Crippen LogP contribution in [0, 0.1) is 0 Å². The van der Waals surface area contributed by atoms with E-state index in [0.717, 1.165) is 0 Å². The average molecular weight is 402 g/mol. The topological polar surface area (TPSA) is 159 Å². The lowest BCUT2D eigenvalue weighted by Gasteiger charge is -2.21. The third kappa shape index (κ3) is 3.99. The van der Waals surface area contributed by atoms with Crippen molar-refractivity contribution in [3.05, 3.63) is 28.4 Å². The van der Waals surface area contributed by atoms with E-state index in [1.165, 1.54) is 12.5 Å². The number of fused-ring (bicyclic) bond motifs is 1. The Balaban J connectivity index is 1.76. The fraction of sp³-hybridized carbons (Fsp3) is 0.600.